The van der Waals surface area contributed by atoms with Crippen LogP contribution >= 0.6 is 0 Å². The Hall–Kier alpha value is -2.25. The highest BCUT2D eigenvalue weighted by molar-refractivity contribution is 5.90. The highest BCUT2D eigenvalue weighted by atomic mass is 19.2. The molecule has 1 aromatic carbocycles. The number of hydrogen-bond acceptors (Lipinski definition) is 2. The van der Waals surface area contributed by atoms with E-state index in [9.17, 15) is 22.8 Å². The van der Waals surface area contributed by atoms with Gasteiger partial charge < -0.3 is 15.3 Å². The lowest BCUT2D eigenvalue weighted by Gasteiger charge is -2.34. The number of urea groups is 1. The lowest BCUT2D eigenvalue weighted by molar-refractivity contribution is -0.143. The quantitative estimate of drug-likeness (QED) is 0.824. The number of aliphatic carboxylic acids is 1. The molecule has 1 fully saturated rings. The van der Waals surface area contributed by atoms with E-state index in [0.29, 0.717) is 18.6 Å². The van der Waals surface area contributed by atoms with Gasteiger partial charge in [0.15, 0.2) is 11.6 Å². The van der Waals surface area contributed by atoms with Crippen molar-refractivity contribution in [3.05, 3.63) is 29.6 Å². The molecule has 1 aliphatic heterocycles. The van der Waals surface area contributed by atoms with Gasteiger partial charge in [-0.1, -0.05) is 6.92 Å². The molecule has 2 rings (SSSR count). The fourth-order valence-corrected chi connectivity index (χ4v) is 2.54. The summed E-state index contributed by atoms with van der Waals surface area (Å²) >= 11 is 0. The van der Waals surface area contributed by atoms with Crippen molar-refractivity contribution >= 4 is 17.7 Å². The first-order chi connectivity index (χ1) is 10.3. The van der Waals surface area contributed by atoms with Crippen molar-refractivity contribution < 1.29 is 27.9 Å². The zero-order valence-corrected chi connectivity index (χ0v) is 11.8. The summed E-state index contributed by atoms with van der Waals surface area (Å²) in [6.07, 6.45) is 0.433. The van der Waals surface area contributed by atoms with Crippen molar-refractivity contribution in [3.63, 3.8) is 0 Å². The molecule has 0 radical (unpaired) electrons. The molecular formula is C14H15F3N2O3. The van der Waals surface area contributed by atoms with E-state index in [-0.39, 0.29) is 19.0 Å². The summed E-state index contributed by atoms with van der Waals surface area (Å²) in [4.78, 5) is 24.3. The van der Waals surface area contributed by atoms with Gasteiger partial charge in [0.1, 0.15) is 5.82 Å². The lowest BCUT2D eigenvalue weighted by Crippen LogP contribution is -2.47. The monoisotopic (exact) mass is 316 g/mol. The first kappa shape index (κ1) is 16.1. The molecule has 2 amide bonds. The number of carboxylic acid groups (broad SMARTS) is 1. The molecular weight excluding hydrogens is 301 g/mol. The van der Waals surface area contributed by atoms with E-state index >= 15 is 0 Å². The molecule has 0 spiro atoms. The minimum absolute atomic E-state index is 0.0368. The molecule has 1 aliphatic rings. The van der Waals surface area contributed by atoms with Crippen LogP contribution in [0, 0.1) is 29.3 Å². The topological polar surface area (TPSA) is 69.6 Å². The summed E-state index contributed by atoms with van der Waals surface area (Å²) < 4.78 is 39.7. The van der Waals surface area contributed by atoms with Crippen molar-refractivity contribution in [2.45, 2.75) is 13.3 Å². The average molecular weight is 316 g/mol. The molecule has 2 N–H and O–H groups in total. The van der Waals surface area contributed by atoms with Crippen LogP contribution in [0.25, 0.3) is 0 Å². The Kier molecular flexibility index (Phi) is 4.58. The third kappa shape index (κ3) is 3.49. The molecule has 1 aromatic rings. The van der Waals surface area contributed by atoms with Crippen LogP contribution in [0.2, 0.25) is 0 Å². The second-order valence-electron chi connectivity index (χ2n) is 5.46. The Morgan fingerprint density at radius 1 is 1.27 bits per heavy atom. The fraction of sp³-hybridized carbons (Fsp3) is 0.429. The highest BCUT2D eigenvalue weighted by Gasteiger charge is 2.32. The molecule has 2 unspecified atom stereocenters. The molecule has 1 saturated heterocycles. The minimum atomic E-state index is -1.41. The maximum absolute atomic E-state index is 13.5. The Labute approximate surface area is 124 Å². The predicted molar refractivity (Wildman–Crippen MR) is 71.8 cm³/mol. The Balaban J connectivity index is 2.13. The average Bonchev–Trinajstić information content (AvgIpc) is 2.43. The number of nitrogens with zero attached hydrogens (tertiary/aromatic N) is 1. The van der Waals surface area contributed by atoms with Crippen molar-refractivity contribution in [3.8, 4) is 0 Å². The Morgan fingerprint density at radius 2 is 1.95 bits per heavy atom. The number of carbonyl (C=O) groups is 2. The second-order valence-corrected chi connectivity index (χ2v) is 5.46. The van der Waals surface area contributed by atoms with Crippen LogP contribution < -0.4 is 5.32 Å². The summed E-state index contributed by atoms with van der Waals surface area (Å²) in [7, 11) is 0. The number of rotatable bonds is 2. The third-order valence-electron chi connectivity index (χ3n) is 3.53. The summed E-state index contributed by atoms with van der Waals surface area (Å²) in [5.41, 5.74) is -0.618. The molecule has 22 heavy (non-hydrogen) atoms. The van der Waals surface area contributed by atoms with Gasteiger partial charge >= 0.3 is 12.0 Å². The number of nitrogens with one attached hydrogen (secondary N) is 1. The van der Waals surface area contributed by atoms with Crippen molar-refractivity contribution in [2.24, 2.45) is 11.8 Å². The van der Waals surface area contributed by atoms with E-state index in [2.05, 4.69) is 5.32 Å². The number of hydrogen-bond donors (Lipinski definition) is 2. The standard InChI is InChI=1S/C14H15F3N2O3/c1-7-2-8(13(20)21)6-19(5-7)14(22)18-11-4-9(15)3-10(16)12(11)17/h3-4,7-8H,2,5-6H2,1H3,(H,18,22)(H,20,21). The molecule has 5 nitrogen and oxygen atoms in total. The molecule has 0 saturated carbocycles. The zero-order valence-electron chi connectivity index (χ0n) is 11.8. The maximum Gasteiger partial charge on any atom is 0.321 e. The number of likely N-dealkylation sites (tertiary alicyclic amines) is 1. The molecule has 0 aromatic heterocycles. The number of benzene rings is 1. The first-order valence-electron chi connectivity index (χ1n) is 6.71. The van der Waals surface area contributed by atoms with Crippen LogP contribution in [0.5, 0.6) is 0 Å². The summed E-state index contributed by atoms with van der Waals surface area (Å²) in [5, 5.41) is 11.1. The van der Waals surface area contributed by atoms with E-state index in [4.69, 9.17) is 5.11 Å². The molecule has 120 valence electrons. The van der Waals surface area contributed by atoms with E-state index in [1.807, 2.05) is 0 Å². The molecule has 0 bridgehead atoms. The smallest absolute Gasteiger partial charge is 0.321 e. The van der Waals surface area contributed by atoms with Crippen molar-refractivity contribution in [1.29, 1.82) is 0 Å². The van der Waals surface area contributed by atoms with Crippen LogP contribution in [0.15, 0.2) is 12.1 Å². The summed E-state index contributed by atoms with van der Waals surface area (Å²) in [6, 6.07) is 0.244. The SMILES string of the molecule is CC1CC(C(=O)O)CN(C(=O)Nc2cc(F)cc(F)c2F)C1. The fourth-order valence-electron chi connectivity index (χ4n) is 2.54. The first-order valence-corrected chi connectivity index (χ1v) is 6.71. The normalized spacial score (nSPS) is 21.5. The Bertz CT molecular complexity index is 609. The van der Waals surface area contributed by atoms with E-state index < -0.39 is 41.1 Å². The van der Waals surface area contributed by atoms with E-state index in [1.165, 1.54) is 4.90 Å². The summed E-state index contributed by atoms with van der Waals surface area (Å²) in [6.45, 7) is 2.04. The van der Waals surface area contributed by atoms with Crippen LogP contribution in [-0.4, -0.2) is 35.1 Å². The number of amides is 2. The van der Waals surface area contributed by atoms with Gasteiger partial charge in [-0.25, -0.2) is 18.0 Å². The molecule has 0 aliphatic carbocycles. The van der Waals surface area contributed by atoms with Crippen molar-refractivity contribution in [2.75, 3.05) is 18.4 Å². The number of halogens is 3. The van der Waals surface area contributed by atoms with E-state index in [1.54, 1.807) is 6.92 Å². The van der Waals surface area contributed by atoms with Gasteiger partial charge in [0.25, 0.3) is 0 Å². The largest absolute Gasteiger partial charge is 0.481 e. The Morgan fingerprint density at radius 3 is 2.59 bits per heavy atom. The van der Waals surface area contributed by atoms with Gasteiger partial charge in [0, 0.05) is 25.2 Å². The minimum Gasteiger partial charge on any atom is -0.481 e. The van der Waals surface area contributed by atoms with Gasteiger partial charge in [0.2, 0.25) is 0 Å². The van der Waals surface area contributed by atoms with Gasteiger partial charge in [0.05, 0.1) is 11.6 Å². The van der Waals surface area contributed by atoms with Gasteiger partial charge in [-0.3, -0.25) is 4.79 Å². The van der Waals surface area contributed by atoms with Crippen LogP contribution in [0.1, 0.15) is 13.3 Å². The van der Waals surface area contributed by atoms with Crippen LogP contribution in [0.4, 0.5) is 23.7 Å². The van der Waals surface area contributed by atoms with Gasteiger partial charge in [-0.05, 0) is 12.3 Å². The molecule has 1 heterocycles. The zero-order chi connectivity index (χ0) is 16.4. The summed E-state index contributed by atoms with van der Waals surface area (Å²) in [5.74, 6) is -5.59. The molecule has 2 atom stereocenters. The lowest BCUT2D eigenvalue weighted by atomic mass is 9.91. The van der Waals surface area contributed by atoms with Gasteiger partial charge in [-0.2, -0.15) is 0 Å². The number of carbonyl (C=O) groups excluding carboxylic acids is 1. The van der Waals surface area contributed by atoms with E-state index in [0.717, 1.165) is 0 Å². The number of anilines is 1. The predicted octanol–water partition coefficient (Wildman–Crippen LogP) is 2.68. The van der Waals surface area contributed by atoms with Gasteiger partial charge in [-0.15, -0.1) is 0 Å². The van der Waals surface area contributed by atoms with Crippen LogP contribution in [-0.2, 0) is 4.79 Å². The van der Waals surface area contributed by atoms with Crippen molar-refractivity contribution in [1.82, 2.24) is 4.90 Å². The van der Waals surface area contributed by atoms with Crippen LogP contribution in [0.3, 0.4) is 0 Å². The second kappa shape index (κ2) is 6.25. The number of piperidine rings is 1. The maximum atomic E-state index is 13.5. The molecule has 8 heteroatoms. The number of carboxylic acids is 1. The highest BCUT2D eigenvalue weighted by Crippen LogP contribution is 2.24. The third-order valence-corrected chi connectivity index (χ3v) is 3.53.